The first kappa shape index (κ1) is 14.1. The van der Waals surface area contributed by atoms with Gasteiger partial charge in [0.15, 0.2) is 0 Å². The monoisotopic (exact) mass is 339 g/mol. The maximum Gasteiger partial charge on any atom is 0.241 e. The molecule has 0 spiro atoms. The minimum absolute atomic E-state index is 0.0685. The highest BCUT2D eigenvalue weighted by Gasteiger charge is 2.42. The van der Waals surface area contributed by atoms with Crippen molar-refractivity contribution in [2.75, 3.05) is 0 Å². The van der Waals surface area contributed by atoms with Gasteiger partial charge >= 0.3 is 0 Å². The number of halogens is 1. The van der Waals surface area contributed by atoms with Crippen molar-refractivity contribution in [2.24, 2.45) is 17.8 Å². The van der Waals surface area contributed by atoms with E-state index in [0.717, 1.165) is 22.0 Å². The van der Waals surface area contributed by atoms with E-state index >= 15 is 0 Å². The lowest BCUT2D eigenvalue weighted by atomic mass is 9.84. The second-order valence-corrected chi connectivity index (χ2v) is 7.28. The number of nitrogens with one attached hydrogen (secondary N) is 1. The summed E-state index contributed by atoms with van der Waals surface area (Å²) >= 11 is 3.42. The molecule has 0 aliphatic heterocycles. The molecule has 4 atom stereocenters. The van der Waals surface area contributed by atoms with E-state index < -0.39 is 0 Å². The van der Waals surface area contributed by atoms with Crippen LogP contribution in [0.4, 0.5) is 0 Å². The Hall–Kier alpha value is -0.840. The Morgan fingerprint density at radius 2 is 2.35 bits per heavy atom. The molecule has 0 aromatic carbocycles. The third-order valence-electron chi connectivity index (χ3n) is 5.16. The summed E-state index contributed by atoms with van der Waals surface area (Å²) < 4.78 is 2.69. The number of hydrogen-bond donors (Lipinski definition) is 1. The van der Waals surface area contributed by atoms with Crippen LogP contribution in [-0.2, 0) is 11.3 Å². The molecular formula is C15H22BrN3O. The summed E-state index contributed by atoms with van der Waals surface area (Å²) in [6.45, 7) is 4.43. The molecule has 110 valence electrons. The van der Waals surface area contributed by atoms with Gasteiger partial charge in [-0.15, -0.1) is 0 Å². The molecule has 5 heteroatoms. The Morgan fingerprint density at radius 1 is 1.55 bits per heavy atom. The average molecular weight is 340 g/mol. The minimum atomic E-state index is 0.0685. The van der Waals surface area contributed by atoms with Crippen molar-refractivity contribution in [1.29, 1.82) is 0 Å². The van der Waals surface area contributed by atoms with E-state index in [0.29, 0.717) is 12.5 Å². The third kappa shape index (κ3) is 2.65. The van der Waals surface area contributed by atoms with Gasteiger partial charge in [0.1, 0.15) is 6.54 Å². The summed E-state index contributed by atoms with van der Waals surface area (Å²) in [6, 6.07) is 0.289. The molecule has 0 radical (unpaired) electrons. The van der Waals surface area contributed by atoms with Gasteiger partial charge in [-0.2, -0.15) is 5.10 Å². The van der Waals surface area contributed by atoms with E-state index in [-0.39, 0.29) is 11.9 Å². The summed E-state index contributed by atoms with van der Waals surface area (Å²) in [7, 11) is 0. The van der Waals surface area contributed by atoms with E-state index in [1.807, 2.05) is 6.92 Å². The molecule has 0 unspecified atom stereocenters. The Morgan fingerprint density at radius 3 is 2.90 bits per heavy atom. The van der Waals surface area contributed by atoms with Crippen LogP contribution in [0.1, 0.15) is 38.3 Å². The van der Waals surface area contributed by atoms with Gasteiger partial charge in [0.05, 0.1) is 16.4 Å². The van der Waals surface area contributed by atoms with Gasteiger partial charge in [-0.25, -0.2) is 0 Å². The molecular weight excluding hydrogens is 318 g/mol. The molecule has 1 N–H and O–H groups in total. The van der Waals surface area contributed by atoms with Crippen molar-refractivity contribution in [2.45, 2.75) is 52.1 Å². The van der Waals surface area contributed by atoms with E-state index in [2.05, 4.69) is 33.3 Å². The number of nitrogens with zero attached hydrogens (tertiary/aromatic N) is 2. The van der Waals surface area contributed by atoms with Gasteiger partial charge in [0, 0.05) is 6.04 Å². The van der Waals surface area contributed by atoms with Gasteiger partial charge in [-0.05, 0) is 66.8 Å². The first-order valence-corrected chi connectivity index (χ1v) is 8.31. The molecule has 2 aliphatic carbocycles. The number of rotatable bonds is 4. The molecule has 1 aromatic heterocycles. The summed E-state index contributed by atoms with van der Waals surface area (Å²) in [6.07, 6.45) is 7.19. The fourth-order valence-corrected chi connectivity index (χ4v) is 4.33. The molecule has 2 aliphatic rings. The Balaban J connectivity index is 1.55. The predicted octanol–water partition coefficient (Wildman–Crippen LogP) is 2.89. The largest absolute Gasteiger partial charge is 0.352 e. The first-order chi connectivity index (χ1) is 9.54. The second kappa shape index (κ2) is 5.51. The zero-order valence-corrected chi connectivity index (χ0v) is 13.7. The molecule has 3 rings (SSSR count). The maximum atomic E-state index is 12.2. The fourth-order valence-electron chi connectivity index (χ4n) is 4.03. The van der Waals surface area contributed by atoms with Crippen molar-refractivity contribution in [3.8, 4) is 0 Å². The first-order valence-electron chi connectivity index (χ1n) is 7.52. The van der Waals surface area contributed by atoms with Crippen LogP contribution in [0.2, 0.25) is 0 Å². The SMILES string of the molecule is Cc1c(Br)cnn1CC(=O)N[C@@H](C)[C@H]1C[C@@H]2CC[C@@H]1C2. The quantitative estimate of drug-likeness (QED) is 0.916. The Kier molecular flexibility index (Phi) is 3.89. The van der Waals surface area contributed by atoms with Crippen molar-refractivity contribution < 1.29 is 4.79 Å². The second-order valence-electron chi connectivity index (χ2n) is 6.43. The minimum Gasteiger partial charge on any atom is -0.352 e. The summed E-state index contributed by atoms with van der Waals surface area (Å²) in [5.41, 5.74) is 0.993. The highest BCUT2D eigenvalue weighted by molar-refractivity contribution is 9.10. The van der Waals surface area contributed by atoms with Gasteiger partial charge in [0.2, 0.25) is 5.91 Å². The van der Waals surface area contributed by atoms with Crippen LogP contribution >= 0.6 is 15.9 Å². The molecule has 1 aromatic rings. The van der Waals surface area contributed by atoms with E-state index in [1.165, 1.54) is 25.7 Å². The van der Waals surface area contributed by atoms with Crippen LogP contribution < -0.4 is 5.32 Å². The topological polar surface area (TPSA) is 46.9 Å². The highest BCUT2D eigenvalue weighted by atomic mass is 79.9. The van der Waals surface area contributed by atoms with Crippen LogP contribution in [0.3, 0.4) is 0 Å². The Labute approximate surface area is 128 Å². The highest BCUT2D eigenvalue weighted by Crippen LogP contribution is 2.49. The number of fused-ring (bicyclic) bond motifs is 2. The molecule has 2 saturated carbocycles. The van der Waals surface area contributed by atoms with Crippen molar-refractivity contribution >= 4 is 21.8 Å². The molecule has 20 heavy (non-hydrogen) atoms. The zero-order valence-electron chi connectivity index (χ0n) is 12.1. The number of carbonyl (C=O) groups is 1. The van der Waals surface area contributed by atoms with Crippen molar-refractivity contribution in [1.82, 2.24) is 15.1 Å². The molecule has 0 saturated heterocycles. The molecule has 4 nitrogen and oxygen atoms in total. The van der Waals surface area contributed by atoms with Crippen LogP contribution in [0.5, 0.6) is 0 Å². The normalized spacial score (nSPS) is 29.6. The van der Waals surface area contributed by atoms with Gasteiger partial charge in [-0.1, -0.05) is 6.42 Å². The van der Waals surface area contributed by atoms with Gasteiger partial charge in [0.25, 0.3) is 0 Å². The lowest BCUT2D eigenvalue weighted by molar-refractivity contribution is -0.123. The number of carbonyl (C=O) groups excluding carboxylic acids is 1. The van der Waals surface area contributed by atoms with Crippen molar-refractivity contribution in [3.05, 3.63) is 16.4 Å². The predicted molar refractivity (Wildman–Crippen MR) is 81.2 cm³/mol. The van der Waals surface area contributed by atoms with Crippen molar-refractivity contribution in [3.63, 3.8) is 0 Å². The van der Waals surface area contributed by atoms with Crippen LogP contribution in [0.15, 0.2) is 10.7 Å². The standard InChI is InChI=1S/C15H22BrN3O/c1-9(13-6-11-3-4-12(13)5-11)18-15(20)8-19-10(2)14(16)7-17-19/h7,9,11-13H,3-6,8H2,1-2H3,(H,18,20)/t9-,11+,12+,13+/m0/s1. The van der Waals surface area contributed by atoms with Gasteiger partial charge in [-0.3, -0.25) is 9.48 Å². The lowest BCUT2D eigenvalue weighted by Crippen LogP contribution is -2.41. The third-order valence-corrected chi connectivity index (χ3v) is 5.94. The summed E-state index contributed by atoms with van der Waals surface area (Å²) in [4.78, 5) is 12.2. The Bertz CT molecular complexity index is 513. The zero-order chi connectivity index (χ0) is 14.3. The summed E-state index contributed by atoms with van der Waals surface area (Å²) in [5.74, 6) is 2.52. The molecule has 2 bridgehead atoms. The summed E-state index contributed by atoms with van der Waals surface area (Å²) in [5, 5.41) is 7.38. The average Bonchev–Trinajstić information content (AvgIpc) is 3.10. The molecule has 1 heterocycles. The number of amides is 1. The fraction of sp³-hybridized carbons (Fsp3) is 0.733. The van der Waals surface area contributed by atoms with Gasteiger partial charge < -0.3 is 5.32 Å². The lowest BCUT2D eigenvalue weighted by Gasteiger charge is -2.28. The van der Waals surface area contributed by atoms with E-state index in [9.17, 15) is 4.79 Å². The van der Waals surface area contributed by atoms with E-state index in [1.54, 1.807) is 10.9 Å². The van der Waals surface area contributed by atoms with Crippen LogP contribution in [0, 0.1) is 24.7 Å². The van der Waals surface area contributed by atoms with Crippen LogP contribution in [-0.4, -0.2) is 21.7 Å². The maximum absolute atomic E-state index is 12.2. The van der Waals surface area contributed by atoms with Crippen LogP contribution in [0.25, 0.3) is 0 Å². The van der Waals surface area contributed by atoms with E-state index in [4.69, 9.17) is 0 Å². The number of hydrogen-bond acceptors (Lipinski definition) is 2. The molecule has 1 amide bonds. The smallest absolute Gasteiger partial charge is 0.241 e. The molecule has 2 fully saturated rings. The number of aromatic nitrogens is 2.